The lowest BCUT2D eigenvalue weighted by Crippen LogP contribution is -2.46. The van der Waals surface area contributed by atoms with Gasteiger partial charge >= 0.3 is 12.1 Å². The molecule has 180 valence electrons. The number of alkyl halides is 3. The molecule has 1 aliphatic rings. The lowest BCUT2D eigenvalue weighted by Gasteiger charge is -2.35. The van der Waals surface area contributed by atoms with E-state index < -0.39 is 17.7 Å². The number of ether oxygens (including phenoxy) is 1. The largest absolute Gasteiger partial charge is 0.481 e. The molecule has 13 heteroatoms. The van der Waals surface area contributed by atoms with E-state index in [0.29, 0.717) is 41.8 Å². The maximum atomic E-state index is 13.1. The zero-order valence-electron chi connectivity index (χ0n) is 17.5. The Balaban J connectivity index is 1.61. The second kappa shape index (κ2) is 11.0. The number of carbonyl (C=O) groups excluding carboxylic acids is 1. The highest BCUT2D eigenvalue weighted by atomic mass is 35.5. The third-order valence-corrected chi connectivity index (χ3v) is 7.14. The van der Waals surface area contributed by atoms with Crippen LogP contribution >= 0.6 is 34.9 Å². The highest BCUT2D eigenvalue weighted by Gasteiger charge is 2.33. The number of halogens is 4. The van der Waals surface area contributed by atoms with Gasteiger partial charge in [0.2, 0.25) is 5.91 Å². The van der Waals surface area contributed by atoms with Gasteiger partial charge in [-0.25, -0.2) is 4.98 Å². The molecule has 0 spiro atoms. The van der Waals surface area contributed by atoms with Gasteiger partial charge in [0.25, 0.3) is 0 Å². The minimum Gasteiger partial charge on any atom is -0.481 e. The van der Waals surface area contributed by atoms with Crippen LogP contribution < -0.4 is 0 Å². The fraction of sp³-hybridized carbons (Fsp3) is 0.450. The molecule has 0 aliphatic carbocycles. The van der Waals surface area contributed by atoms with Gasteiger partial charge in [0.15, 0.2) is 4.34 Å². The van der Waals surface area contributed by atoms with Crippen LogP contribution in [0.5, 0.6) is 0 Å². The number of carboxylic acids is 1. The summed E-state index contributed by atoms with van der Waals surface area (Å²) in [6.45, 7) is 3.29. The van der Waals surface area contributed by atoms with Crippen molar-refractivity contribution in [1.82, 2.24) is 14.2 Å². The molecular formula is C20H21ClF3N3O4S2. The first-order chi connectivity index (χ1) is 15.5. The second-order valence-corrected chi connectivity index (χ2v) is 9.92. The van der Waals surface area contributed by atoms with E-state index >= 15 is 0 Å². The fourth-order valence-electron chi connectivity index (χ4n) is 3.26. The molecule has 33 heavy (non-hydrogen) atoms. The summed E-state index contributed by atoms with van der Waals surface area (Å²) >= 11 is 8.06. The van der Waals surface area contributed by atoms with Crippen LogP contribution in [0.1, 0.15) is 23.7 Å². The van der Waals surface area contributed by atoms with Crippen LogP contribution in [0.4, 0.5) is 13.2 Å². The number of thiazole rings is 1. The lowest BCUT2D eigenvalue weighted by molar-refractivity contribution is -0.138. The Labute approximate surface area is 201 Å². The Bertz CT molecular complexity index is 1010. The quantitative estimate of drug-likeness (QED) is 0.519. The van der Waals surface area contributed by atoms with Crippen molar-refractivity contribution in [3.63, 3.8) is 0 Å². The van der Waals surface area contributed by atoms with E-state index in [1.54, 1.807) is 11.4 Å². The summed E-state index contributed by atoms with van der Waals surface area (Å²) in [4.78, 5) is 29.2. The van der Waals surface area contributed by atoms with Crippen LogP contribution in [-0.2, 0) is 33.5 Å². The molecule has 1 saturated heterocycles. The number of aliphatic carboxylic acids is 1. The van der Waals surface area contributed by atoms with E-state index in [0.717, 1.165) is 18.0 Å². The first-order valence-corrected chi connectivity index (χ1v) is 11.9. The molecule has 1 atom stereocenters. The summed E-state index contributed by atoms with van der Waals surface area (Å²) in [5.74, 6) is -1.21. The number of aromatic nitrogens is 1. The summed E-state index contributed by atoms with van der Waals surface area (Å²) in [5.41, 5.74) is 0.0371. The molecule has 2 aromatic rings. The van der Waals surface area contributed by atoms with Crippen LogP contribution in [0.25, 0.3) is 0 Å². The van der Waals surface area contributed by atoms with E-state index in [1.165, 1.54) is 28.6 Å². The van der Waals surface area contributed by atoms with Crippen molar-refractivity contribution in [2.45, 2.75) is 36.5 Å². The van der Waals surface area contributed by atoms with Gasteiger partial charge < -0.3 is 9.84 Å². The van der Waals surface area contributed by atoms with Crippen molar-refractivity contribution in [3.8, 4) is 0 Å². The Hall–Kier alpha value is -1.86. The average Bonchev–Trinajstić information content (AvgIpc) is 3.14. The van der Waals surface area contributed by atoms with Crippen LogP contribution in [-0.4, -0.2) is 63.5 Å². The zero-order chi connectivity index (χ0) is 24.2. The summed E-state index contributed by atoms with van der Waals surface area (Å²) < 4.78 is 47.2. The predicted octanol–water partition coefficient (Wildman–Crippen LogP) is 4.20. The third-order valence-electron chi connectivity index (χ3n) is 4.74. The number of hydrogen-bond acceptors (Lipinski definition) is 7. The number of hydrogen-bond donors (Lipinski definition) is 1. The Morgan fingerprint density at radius 2 is 2.18 bits per heavy atom. The van der Waals surface area contributed by atoms with Gasteiger partial charge in [0, 0.05) is 43.9 Å². The maximum absolute atomic E-state index is 13.1. The molecule has 0 unspecified atom stereocenters. The Morgan fingerprint density at radius 1 is 1.42 bits per heavy atom. The number of carbonyl (C=O) groups is 2. The van der Waals surface area contributed by atoms with Gasteiger partial charge in [-0.1, -0.05) is 17.7 Å². The summed E-state index contributed by atoms with van der Waals surface area (Å²) in [5, 5.41) is 10.2. The van der Waals surface area contributed by atoms with Gasteiger partial charge in [-0.3, -0.25) is 18.8 Å². The lowest BCUT2D eigenvalue weighted by atomic mass is 10.1. The van der Waals surface area contributed by atoms with Crippen molar-refractivity contribution in [2.24, 2.45) is 0 Å². The molecule has 0 radical (unpaired) electrons. The molecule has 0 bridgehead atoms. The minimum atomic E-state index is -4.53. The molecule has 1 aromatic carbocycles. The third kappa shape index (κ3) is 7.57. The second-order valence-electron chi connectivity index (χ2n) is 7.39. The molecular weight excluding hydrogens is 503 g/mol. The van der Waals surface area contributed by atoms with Crippen LogP contribution in [0, 0.1) is 0 Å². The number of benzene rings is 1. The summed E-state index contributed by atoms with van der Waals surface area (Å²) in [6.07, 6.45) is -5.07. The molecule has 1 fully saturated rings. The van der Waals surface area contributed by atoms with Crippen molar-refractivity contribution in [1.29, 1.82) is 0 Å². The molecule has 1 aliphatic heterocycles. The smallest absolute Gasteiger partial charge is 0.417 e. The topological polar surface area (TPSA) is 83.0 Å². The van der Waals surface area contributed by atoms with Crippen LogP contribution in [0.2, 0.25) is 5.02 Å². The molecule has 0 saturated carbocycles. The predicted molar refractivity (Wildman–Crippen MR) is 118 cm³/mol. The van der Waals surface area contributed by atoms with Crippen LogP contribution in [0.3, 0.4) is 0 Å². The van der Waals surface area contributed by atoms with E-state index in [4.69, 9.17) is 21.4 Å². The first kappa shape index (κ1) is 25.8. The maximum Gasteiger partial charge on any atom is 0.417 e. The number of morpholine rings is 1. The zero-order valence-corrected chi connectivity index (χ0v) is 19.9. The Kier molecular flexibility index (Phi) is 8.62. The van der Waals surface area contributed by atoms with Gasteiger partial charge in [-0.2, -0.15) is 13.2 Å². The highest BCUT2D eigenvalue weighted by molar-refractivity contribution is 7.99. The molecule has 1 amide bonds. The fourth-order valence-corrected chi connectivity index (χ4v) is 5.33. The monoisotopic (exact) mass is 523 g/mol. The highest BCUT2D eigenvalue weighted by Crippen LogP contribution is 2.35. The van der Waals surface area contributed by atoms with Crippen molar-refractivity contribution < 1.29 is 32.6 Å². The molecule has 3 rings (SSSR count). The van der Waals surface area contributed by atoms with E-state index in [2.05, 4.69) is 4.98 Å². The van der Waals surface area contributed by atoms with E-state index in [1.807, 2.05) is 4.90 Å². The van der Waals surface area contributed by atoms with E-state index in [-0.39, 0.29) is 30.0 Å². The molecule has 1 aromatic heterocycles. The summed E-state index contributed by atoms with van der Waals surface area (Å²) in [7, 11) is 0. The summed E-state index contributed by atoms with van der Waals surface area (Å²) in [6, 6.07) is 3.87. The first-order valence-electron chi connectivity index (χ1n) is 9.83. The molecule has 7 nitrogen and oxygen atoms in total. The number of carboxylic acid groups (broad SMARTS) is 1. The van der Waals surface area contributed by atoms with Gasteiger partial charge in [-0.15, -0.1) is 11.3 Å². The number of amides is 1. The van der Waals surface area contributed by atoms with Crippen molar-refractivity contribution in [2.75, 3.05) is 26.2 Å². The SMILES string of the molecule is CC(=O)N(C[C@@H]1CN(Cc2ccc(Cl)c(C(F)(F)F)c2)CCO1)Sc1nc(CC(=O)O)cs1. The van der Waals surface area contributed by atoms with E-state index in [9.17, 15) is 22.8 Å². The van der Waals surface area contributed by atoms with Crippen molar-refractivity contribution in [3.05, 3.63) is 45.4 Å². The molecule has 1 N–H and O–H groups in total. The average molecular weight is 524 g/mol. The number of nitrogens with zero attached hydrogens (tertiary/aromatic N) is 3. The number of rotatable bonds is 8. The Morgan fingerprint density at radius 3 is 2.85 bits per heavy atom. The van der Waals surface area contributed by atoms with Crippen molar-refractivity contribution >= 4 is 46.8 Å². The van der Waals surface area contributed by atoms with Gasteiger partial charge in [0.1, 0.15) is 0 Å². The van der Waals surface area contributed by atoms with Gasteiger partial charge in [-0.05, 0) is 17.7 Å². The van der Waals surface area contributed by atoms with Crippen LogP contribution in [0.15, 0.2) is 27.9 Å². The minimum absolute atomic E-state index is 0.196. The van der Waals surface area contributed by atoms with Gasteiger partial charge in [0.05, 0.1) is 42.0 Å². The standard InChI is InChI=1S/C20H21ClF3N3O4S2/c1-12(28)27(33-19-25-14(11-32-19)7-18(29)30)10-15-9-26(4-5-31-15)8-13-2-3-17(21)16(6-13)20(22,23)24/h2-3,6,11,15H,4-5,7-10H2,1H3,(H,29,30)/t15-/m0/s1. The normalized spacial score (nSPS) is 17.2. The molecule has 2 heterocycles.